The molecule has 1 aliphatic heterocycles. The lowest BCUT2D eigenvalue weighted by Gasteiger charge is -2.31. The van der Waals surface area contributed by atoms with Crippen molar-refractivity contribution in [2.75, 3.05) is 18.2 Å². The van der Waals surface area contributed by atoms with Crippen LogP contribution in [-0.2, 0) is 9.84 Å². The molecule has 0 amide bonds. The van der Waals surface area contributed by atoms with Crippen molar-refractivity contribution in [3.63, 3.8) is 0 Å². The molecule has 0 atom stereocenters. The molecule has 1 aliphatic carbocycles. The summed E-state index contributed by atoms with van der Waals surface area (Å²) in [5.41, 5.74) is 0. The molecule has 1 N–H and O–H groups in total. The lowest BCUT2D eigenvalue weighted by atomic mass is 9.92. The van der Waals surface area contributed by atoms with Gasteiger partial charge in [0.1, 0.15) is 5.88 Å². The number of rotatable bonds is 1. The maximum Gasteiger partial charge on any atom is 0.164 e. The fourth-order valence-corrected chi connectivity index (χ4v) is 3.84. The number of hydrogen-bond donors (Lipinski definition) is 1. The molecule has 4 nitrogen and oxygen atoms in total. The Bertz CT molecular complexity index is 293. The molecule has 0 aromatic carbocycles. The van der Waals surface area contributed by atoms with Crippen molar-refractivity contribution in [2.45, 2.75) is 37.8 Å². The molecule has 14 heavy (non-hydrogen) atoms. The van der Waals surface area contributed by atoms with E-state index in [1.165, 1.54) is 0 Å². The van der Waals surface area contributed by atoms with Crippen molar-refractivity contribution in [1.29, 1.82) is 0 Å². The Labute approximate surface area is 84.8 Å². The van der Waals surface area contributed by atoms with Gasteiger partial charge in [0.05, 0.1) is 11.9 Å². The van der Waals surface area contributed by atoms with Crippen LogP contribution in [0.15, 0.2) is 0 Å². The molecule has 1 saturated carbocycles. The summed E-state index contributed by atoms with van der Waals surface area (Å²) in [6.45, 7) is 0.684. The first-order valence-corrected chi connectivity index (χ1v) is 7.01. The highest BCUT2D eigenvalue weighted by Crippen LogP contribution is 2.25. The molecular weight excluding hydrogens is 202 g/mol. The van der Waals surface area contributed by atoms with Gasteiger partial charge in [0.2, 0.25) is 0 Å². The molecular formula is C9H17NO3S. The van der Waals surface area contributed by atoms with Crippen molar-refractivity contribution >= 4 is 9.84 Å². The Morgan fingerprint density at radius 3 is 2.29 bits per heavy atom. The highest BCUT2D eigenvalue weighted by Gasteiger charge is 2.32. The summed E-state index contributed by atoms with van der Waals surface area (Å²) < 4.78 is 22.5. The van der Waals surface area contributed by atoms with Crippen molar-refractivity contribution < 1.29 is 13.5 Å². The van der Waals surface area contributed by atoms with Gasteiger partial charge in [0, 0.05) is 12.6 Å². The van der Waals surface area contributed by atoms with Gasteiger partial charge < -0.3 is 5.11 Å². The summed E-state index contributed by atoms with van der Waals surface area (Å²) in [4.78, 5) is 2.06. The number of aliphatic hydroxyl groups excluding tert-OH is 1. The van der Waals surface area contributed by atoms with Gasteiger partial charge in [0.15, 0.2) is 9.84 Å². The van der Waals surface area contributed by atoms with Crippen LogP contribution in [0, 0.1) is 0 Å². The smallest absolute Gasteiger partial charge is 0.164 e. The van der Waals surface area contributed by atoms with Crippen LogP contribution in [0.3, 0.4) is 0 Å². The standard InChI is InChI=1S/C9H17NO3S/c11-9-3-1-8(2-4-9)10-5-6-14(12,13)7-10/h8-9,11H,1-7H2. The lowest BCUT2D eigenvalue weighted by Crippen LogP contribution is -2.37. The largest absolute Gasteiger partial charge is 0.393 e. The van der Waals surface area contributed by atoms with Crippen LogP contribution in [-0.4, -0.2) is 48.7 Å². The first-order chi connectivity index (χ1) is 6.57. The normalized spacial score (nSPS) is 38.6. The highest BCUT2D eigenvalue weighted by atomic mass is 32.2. The number of sulfone groups is 1. The average molecular weight is 219 g/mol. The fourth-order valence-electron chi connectivity index (χ4n) is 2.35. The van der Waals surface area contributed by atoms with Gasteiger partial charge in [-0.05, 0) is 25.7 Å². The van der Waals surface area contributed by atoms with Crippen LogP contribution < -0.4 is 0 Å². The predicted octanol–water partition coefficient (Wildman–Crippen LogP) is -0.0222. The second-order valence-corrected chi connectivity index (χ2v) is 6.51. The monoisotopic (exact) mass is 219 g/mol. The molecule has 0 spiro atoms. The zero-order chi connectivity index (χ0) is 10.2. The third kappa shape index (κ3) is 2.27. The Balaban J connectivity index is 1.91. The molecule has 2 fully saturated rings. The Morgan fingerprint density at radius 2 is 1.79 bits per heavy atom. The quantitative estimate of drug-likeness (QED) is 0.673. The van der Waals surface area contributed by atoms with E-state index < -0.39 is 9.84 Å². The van der Waals surface area contributed by atoms with Crippen molar-refractivity contribution in [3.05, 3.63) is 0 Å². The SMILES string of the molecule is O=S1(=O)CCN(C2CCC(O)CC2)C1. The average Bonchev–Trinajstić information content (AvgIpc) is 2.47. The zero-order valence-corrected chi connectivity index (χ0v) is 9.04. The molecule has 2 aliphatic rings. The highest BCUT2D eigenvalue weighted by molar-refractivity contribution is 7.91. The van der Waals surface area contributed by atoms with Crippen LogP contribution in [0.2, 0.25) is 0 Å². The predicted molar refractivity (Wildman–Crippen MR) is 53.6 cm³/mol. The summed E-state index contributed by atoms with van der Waals surface area (Å²) in [6, 6.07) is 0.385. The molecule has 0 bridgehead atoms. The minimum Gasteiger partial charge on any atom is -0.393 e. The molecule has 0 radical (unpaired) electrons. The van der Waals surface area contributed by atoms with Gasteiger partial charge in [-0.25, -0.2) is 8.42 Å². The number of hydrogen-bond acceptors (Lipinski definition) is 4. The summed E-state index contributed by atoms with van der Waals surface area (Å²) in [5.74, 6) is 0.541. The Morgan fingerprint density at radius 1 is 1.14 bits per heavy atom. The molecule has 0 aromatic rings. The van der Waals surface area contributed by atoms with Gasteiger partial charge in [-0.1, -0.05) is 0 Å². The van der Waals surface area contributed by atoms with E-state index in [4.69, 9.17) is 0 Å². The van der Waals surface area contributed by atoms with E-state index in [0.717, 1.165) is 25.7 Å². The topological polar surface area (TPSA) is 57.6 Å². The van der Waals surface area contributed by atoms with Crippen molar-refractivity contribution in [2.24, 2.45) is 0 Å². The lowest BCUT2D eigenvalue weighted by molar-refractivity contribution is 0.0860. The van der Waals surface area contributed by atoms with Gasteiger partial charge in [-0.3, -0.25) is 4.90 Å². The van der Waals surface area contributed by atoms with E-state index in [0.29, 0.717) is 18.3 Å². The molecule has 1 saturated heterocycles. The van der Waals surface area contributed by atoms with Crippen LogP contribution in [0.1, 0.15) is 25.7 Å². The van der Waals surface area contributed by atoms with E-state index in [2.05, 4.69) is 4.90 Å². The first kappa shape index (κ1) is 10.4. The van der Waals surface area contributed by atoms with Gasteiger partial charge >= 0.3 is 0 Å². The first-order valence-electron chi connectivity index (χ1n) is 5.19. The van der Waals surface area contributed by atoms with Crippen LogP contribution in [0.5, 0.6) is 0 Å². The van der Waals surface area contributed by atoms with Crippen LogP contribution in [0.25, 0.3) is 0 Å². The van der Waals surface area contributed by atoms with E-state index in [1.807, 2.05) is 0 Å². The van der Waals surface area contributed by atoms with Crippen molar-refractivity contribution in [3.8, 4) is 0 Å². The number of aliphatic hydroxyl groups is 1. The molecule has 5 heteroatoms. The van der Waals surface area contributed by atoms with Crippen LogP contribution in [0.4, 0.5) is 0 Å². The summed E-state index contributed by atoms with van der Waals surface area (Å²) in [6.07, 6.45) is 3.36. The van der Waals surface area contributed by atoms with Crippen molar-refractivity contribution in [1.82, 2.24) is 4.90 Å². The Kier molecular flexibility index (Phi) is 2.81. The van der Waals surface area contributed by atoms with E-state index in [-0.39, 0.29) is 12.0 Å². The maximum atomic E-state index is 11.3. The van der Waals surface area contributed by atoms with E-state index >= 15 is 0 Å². The molecule has 0 unspecified atom stereocenters. The van der Waals surface area contributed by atoms with Crippen LogP contribution >= 0.6 is 0 Å². The minimum atomic E-state index is -2.79. The minimum absolute atomic E-state index is 0.162. The second kappa shape index (κ2) is 3.79. The fraction of sp³-hybridized carbons (Fsp3) is 1.00. The van der Waals surface area contributed by atoms with E-state index in [1.54, 1.807) is 0 Å². The molecule has 0 aromatic heterocycles. The van der Waals surface area contributed by atoms with Gasteiger partial charge in [-0.15, -0.1) is 0 Å². The Hall–Kier alpha value is -0.130. The molecule has 1 heterocycles. The van der Waals surface area contributed by atoms with E-state index in [9.17, 15) is 13.5 Å². The molecule has 82 valence electrons. The second-order valence-electron chi connectivity index (χ2n) is 4.35. The molecule has 2 rings (SSSR count). The van der Waals surface area contributed by atoms with Gasteiger partial charge in [-0.2, -0.15) is 0 Å². The summed E-state index contributed by atoms with van der Waals surface area (Å²) in [7, 11) is -2.79. The third-order valence-electron chi connectivity index (χ3n) is 3.23. The summed E-state index contributed by atoms with van der Waals surface area (Å²) >= 11 is 0. The number of nitrogens with zero attached hydrogens (tertiary/aromatic N) is 1. The maximum absolute atomic E-state index is 11.3. The summed E-state index contributed by atoms with van der Waals surface area (Å²) in [5, 5.41) is 9.34. The third-order valence-corrected chi connectivity index (χ3v) is 4.76. The van der Waals surface area contributed by atoms with Gasteiger partial charge in [0.25, 0.3) is 0 Å². The zero-order valence-electron chi connectivity index (χ0n) is 8.22.